The first-order valence-electron chi connectivity index (χ1n) is 7.97. The van der Waals surface area contributed by atoms with Gasteiger partial charge in [-0.05, 0) is 24.3 Å². The van der Waals surface area contributed by atoms with Crippen molar-refractivity contribution in [3.05, 3.63) is 69.0 Å². The minimum atomic E-state index is -4.43. The molecular weight excluding hydrogens is 397 g/mol. The lowest BCUT2D eigenvalue weighted by atomic mass is 10.3. The second-order valence-electron chi connectivity index (χ2n) is 5.72. The summed E-state index contributed by atoms with van der Waals surface area (Å²) in [5.41, 5.74) is 0.155. The molecule has 1 N–H and O–H groups in total. The third-order valence-electron chi connectivity index (χ3n) is 3.70. The summed E-state index contributed by atoms with van der Waals surface area (Å²) in [6.07, 6.45) is 1.09. The molecule has 28 heavy (non-hydrogen) atoms. The highest BCUT2D eigenvalue weighted by atomic mass is 32.1. The number of alkyl halides is 3. The number of halogens is 3. The maximum Gasteiger partial charge on any atom is 0.417 e. The number of thiophene rings is 1. The summed E-state index contributed by atoms with van der Waals surface area (Å²) in [5.74, 6) is -0.390. The van der Waals surface area contributed by atoms with Gasteiger partial charge in [-0.15, -0.1) is 0 Å². The first kappa shape index (κ1) is 19.5. The number of nitrogens with zero attached hydrogens (tertiary/aromatic N) is 3. The zero-order valence-electron chi connectivity index (χ0n) is 14.1. The summed E-state index contributed by atoms with van der Waals surface area (Å²) >= 11 is 0.950. The van der Waals surface area contributed by atoms with Gasteiger partial charge in [0.2, 0.25) is 5.91 Å². The largest absolute Gasteiger partial charge is 0.417 e. The van der Waals surface area contributed by atoms with Gasteiger partial charge in [0.05, 0.1) is 16.2 Å². The molecule has 0 bridgehead atoms. The third kappa shape index (κ3) is 4.74. The molecule has 3 aromatic rings. The highest BCUT2D eigenvalue weighted by Gasteiger charge is 2.30. The second-order valence-corrected chi connectivity index (χ2v) is 6.81. The number of rotatable bonds is 6. The number of carbonyl (C=O) groups is 1. The van der Waals surface area contributed by atoms with E-state index in [9.17, 15) is 28.1 Å². The fourth-order valence-corrected chi connectivity index (χ4v) is 3.12. The predicted octanol–water partition coefficient (Wildman–Crippen LogP) is 3.69. The number of fused-ring (bicyclic) bond motifs is 1. The van der Waals surface area contributed by atoms with Crippen LogP contribution in [0.25, 0.3) is 11.7 Å². The van der Waals surface area contributed by atoms with Gasteiger partial charge in [-0.2, -0.15) is 13.2 Å². The van der Waals surface area contributed by atoms with E-state index < -0.39 is 16.7 Å². The smallest absolute Gasteiger partial charge is 0.352 e. The average Bonchev–Trinajstić information content (AvgIpc) is 3.25. The fourth-order valence-electron chi connectivity index (χ4n) is 2.39. The Kier molecular flexibility index (Phi) is 5.45. The normalized spacial score (nSPS) is 12.0. The van der Waals surface area contributed by atoms with Crippen molar-refractivity contribution in [2.24, 2.45) is 0 Å². The SMILES string of the molecule is O=C(/C=C/c1ccc([N+](=O)[O-])s1)NCCc1cn2cc(C(F)(F)F)ccc2n1. The number of hydrogen-bond donors (Lipinski definition) is 1. The summed E-state index contributed by atoms with van der Waals surface area (Å²) < 4.78 is 39.5. The second kappa shape index (κ2) is 7.80. The molecule has 0 saturated carbocycles. The molecule has 0 aliphatic heterocycles. The minimum Gasteiger partial charge on any atom is -0.352 e. The molecule has 3 rings (SSSR count). The van der Waals surface area contributed by atoms with Crippen molar-refractivity contribution in [1.82, 2.24) is 14.7 Å². The van der Waals surface area contributed by atoms with E-state index in [1.54, 1.807) is 6.07 Å². The van der Waals surface area contributed by atoms with Crippen molar-refractivity contribution in [3.63, 3.8) is 0 Å². The zero-order chi connectivity index (χ0) is 20.3. The van der Waals surface area contributed by atoms with Gasteiger partial charge in [0.25, 0.3) is 0 Å². The highest BCUT2D eigenvalue weighted by molar-refractivity contribution is 7.16. The van der Waals surface area contributed by atoms with Gasteiger partial charge < -0.3 is 9.72 Å². The van der Waals surface area contributed by atoms with Crippen LogP contribution in [-0.4, -0.2) is 26.8 Å². The van der Waals surface area contributed by atoms with Crippen LogP contribution >= 0.6 is 11.3 Å². The Bertz CT molecular complexity index is 1060. The van der Waals surface area contributed by atoms with Gasteiger partial charge in [-0.25, -0.2) is 4.98 Å². The van der Waals surface area contributed by atoms with Crippen LogP contribution < -0.4 is 5.32 Å². The Morgan fingerprint density at radius 3 is 2.75 bits per heavy atom. The first-order valence-corrected chi connectivity index (χ1v) is 8.79. The lowest BCUT2D eigenvalue weighted by Gasteiger charge is -2.05. The van der Waals surface area contributed by atoms with E-state index in [-0.39, 0.29) is 17.5 Å². The highest BCUT2D eigenvalue weighted by Crippen LogP contribution is 2.29. The topological polar surface area (TPSA) is 89.5 Å². The molecule has 3 aromatic heterocycles. The average molecular weight is 410 g/mol. The van der Waals surface area contributed by atoms with Gasteiger partial charge in [0, 0.05) is 42.4 Å². The van der Waals surface area contributed by atoms with Crippen LogP contribution in [-0.2, 0) is 17.4 Å². The Balaban J connectivity index is 1.54. The molecule has 0 aliphatic rings. The number of amides is 1. The van der Waals surface area contributed by atoms with E-state index in [4.69, 9.17) is 0 Å². The van der Waals surface area contributed by atoms with Crippen LogP contribution in [0.3, 0.4) is 0 Å². The Morgan fingerprint density at radius 2 is 2.07 bits per heavy atom. The van der Waals surface area contributed by atoms with Crippen molar-refractivity contribution < 1.29 is 22.9 Å². The van der Waals surface area contributed by atoms with E-state index >= 15 is 0 Å². The van der Waals surface area contributed by atoms with E-state index in [0.717, 1.165) is 23.6 Å². The molecule has 7 nitrogen and oxygen atoms in total. The van der Waals surface area contributed by atoms with E-state index in [1.807, 2.05) is 0 Å². The van der Waals surface area contributed by atoms with Crippen LogP contribution in [0.15, 0.2) is 42.7 Å². The minimum absolute atomic E-state index is 0.0133. The number of nitrogens with one attached hydrogen (secondary N) is 1. The summed E-state index contributed by atoms with van der Waals surface area (Å²) in [5, 5.41) is 13.2. The Hall–Kier alpha value is -3.21. The molecule has 0 fully saturated rings. The number of imidazole rings is 1. The predicted molar refractivity (Wildman–Crippen MR) is 96.9 cm³/mol. The summed E-state index contributed by atoms with van der Waals surface area (Å²) in [6.45, 7) is 0.240. The first-order chi connectivity index (χ1) is 13.2. The van der Waals surface area contributed by atoms with Crippen LogP contribution in [0.2, 0.25) is 0 Å². The van der Waals surface area contributed by atoms with Crippen molar-refractivity contribution >= 4 is 34.0 Å². The number of pyridine rings is 1. The number of nitro groups is 1. The van der Waals surface area contributed by atoms with Gasteiger partial charge in [0.1, 0.15) is 5.65 Å². The molecule has 146 valence electrons. The quantitative estimate of drug-likeness (QED) is 0.381. The summed E-state index contributed by atoms with van der Waals surface area (Å²) in [7, 11) is 0. The van der Waals surface area contributed by atoms with E-state index in [1.165, 1.54) is 34.9 Å². The van der Waals surface area contributed by atoms with Gasteiger partial charge >= 0.3 is 11.2 Å². The maximum atomic E-state index is 12.7. The number of aromatic nitrogens is 2. The molecule has 3 heterocycles. The van der Waals surface area contributed by atoms with E-state index in [0.29, 0.717) is 22.6 Å². The summed E-state index contributed by atoms with van der Waals surface area (Å²) in [6, 6.07) is 5.15. The number of hydrogen-bond acceptors (Lipinski definition) is 5. The fraction of sp³-hybridized carbons (Fsp3) is 0.176. The molecule has 0 atom stereocenters. The zero-order valence-corrected chi connectivity index (χ0v) is 15.0. The Labute approximate surface area is 160 Å². The van der Waals surface area contributed by atoms with Crippen molar-refractivity contribution in [3.8, 4) is 0 Å². The van der Waals surface area contributed by atoms with Crippen molar-refractivity contribution in [1.29, 1.82) is 0 Å². The maximum absolute atomic E-state index is 12.7. The lowest BCUT2D eigenvalue weighted by molar-refractivity contribution is -0.380. The summed E-state index contributed by atoms with van der Waals surface area (Å²) in [4.78, 5) is 26.7. The molecule has 0 radical (unpaired) electrons. The molecule has 0 spiro atoms. The molecule has 11 heteroatoms. The van der Waals surface area contributed by atoms with Crippen LogP contribution in [0, 0.1) is 10.1 Å². The van der Waals surface area contributed by atoms with Gasteiger partial charge in [-0.1, -0.05) is 11.3 Å². The lowest BCUT2D eigenvalue weighted by Crippen LogP contribution is -2.23. The molecule has 0 aliphatic carbocycles. The number of carbonyl (C=O) groups excluding carboxylic acids is 1. The van der Waals surface area contributed by atoms with Crippen LogP contribution in [0.5, 0.6) is 0 Å². The van der Waals surface area contributed by atoms with Gasteiger partial charge in [0.15, 0.2) is 0 Å². The molecule has 0 aromatic carbocycles. The van der Waals surface area contributed by atoms with Crippen LogP contribution in [0.4, 0.5) is 18.2 Å². The molecule has 0 saturated heterocycles. The third-order valence-corrected chi connectivity index (χ3v) is 4.70. The molecule has 1 amide bonds. The monoisotopic (exact) mass is 410 g/mol. The standard InChI is InChI=1S/C17H13F3N4O3S/c18-17(19,20)11-1-4-14-22-12(10-23(14)9-11)7-8-21-15(25)5-2-13-3-6-16(28-13)24(26)27/h1-6,9-10H,7-8H2,(H,21,25)/b5-2+. The Morgan fingerprint density at radius 1 is 1.29 bits per heavy atom. The van der Waals surface area contributed by atoms with Crippen molar-refractivity contribution in [2.45, 2.75) is 12.6 Å². The molecule has 0 unspecified atom stereocenters. The van der Waals surface area contributed by atoms with Crippen molar-refractivity contribution in [2.75, 3.05) is 6.54 Å². The molecular formula is C17H13F3N4O3S. The van der Waals surface area contributed by atoms with E-state index in [2.05, 4.69) is 10.3 Å². The van der Waals surface area contributed by atoms with Crippen LogP contribution in [0.1, 0.15) is 16.1 Å². The van der Waals surface area contributed by atoms with Gasteiger partial charge in [-0.3, -0.25) is 14.9 Å².